The van der Waals surface area contributed by atoms with E-state index in [1.165, 1.54) is 25.9 Å². The number of piperidine rings is 1. The molecule has 0 aromatic carbocycles. The molecule has 1 aliphatic rings. The van der Waals surface area contributed by atoms with Crippen LogP contribution in [0.25, 0.3) is 0 Å². The van der Waals surface area contributed by atoms with Crippen LogP contribution in [-0.2, 0) is 6.42 Å². The van der Waals surface area contributed by atoms with Crippen molar-refractivity contribution in [2.24, 2.45) is 5.41 Å². The summed E-state index contributed by atoms with van der Waals surface area (Å²) in [5.41, 5.74) is 8.05. The third kappa shape index (κ3) is 3.70. The number of nitrogens with zero attached hydrogens (tertiary/aromatic N) is 2. The number of rotatable bonds is 3. The summed E-state index contributed by atoms with van der Waals surface area (Å²) in [5.74, 6) is 0. The van der Waals surface area contributed by atoms with Crippen molar-refractivity contribution in [3.05, 3.63) is 24.0 Å². The van der Waals surface area contributed by atoms with Gasteiger partial charge in [-0.2, -0.15) is 0 Å². The Labute approximate surface area is 104 Å². The molecule has 1 aromatic heterocycles. The van der Waals surface area contributed by atoms with E-state index in [9.17, 15) is 0 Å². The Morgan fingerprint density at radius 1 is 1.29 bits per heavy atom. The smallest absolute Gasteiger partial charge is 0.0501 e. The van der Waals surface area contributed by atoms with Crippen molar-refractivity contribution in [1.82, 2.24) is 9.88 Å². The molecule has 1 fully saturated rings. The second-order valence-electron chi connectivity index (χ2n) is 5.84. The highest BCUT2D eigenvalue weighted by atomic mass is 15.1. The van der Waals surface area contributed by atoms with E-state index < -0.39 is 0 Å². The SMILES string of the molecule is CC1(C)CCN(CCc2ccc(N)cn2)CC1. The standard InChI is InChI=1S/C14H23N3/c1-14(2)6-9-17(10-7-14)8-5-13-4-3-12(15)11-16-13/h3-4,11H,5-10,15H2,1-2H3. The lowest BCUT2D eigenvalue weighted by Gasteiger charge is -2.36. The van der Waals surface area contributed by atoms with Crippen molar-refractivity contribution in [1.29, 1.82) is 0 Å². The fraction of sp³-hybridized carbons (Fsp3) is 0.643. The maximum atomic E-state index is 5.62. The van der Waals surface area contributed by atoms with E-state index in [0.717, 1.165) is 24.3 Å². The average molecular weight is 233 g/mol. The van der Waals surface area contributed by atoms with Gasteiger partial charge in [0.05, 0.1) is 11.9 Å². The number of pyridine rings is 1. The first-order valence-corrected chi connectivity index (χ1v) is 6.48. The molecule has 0 amide bonds. The second-order valence-corrected chi connectivity index (χ2v) is 5.84. The van der Waals surface area contributed by atoms with E-state index in [1.54, 1.807) is 6.20 Å². The van der Waals surface area contributed by atoms with E-state index in [0.29, 0.717) is 5.41 Å². The number of likely N-dealkylation sites (tertiary alicyclic amines) is 1. The van der Waals surface area contributed by atoms with Crippen LogP contribution < -0.4 is 5.73 Å². The van der Waals surface area contributed by atoms with Gasteiger partial charge in [0.1, 0.15) is 0 Å². The first kappa shape index (κ1) is 12.4. The van der Waals surface area contributed by atoms with Gasteiger partial charge in [-0.25, -0.2) is 0 Å². The lowest BCUT2D eigenvalue weighted by atomic mass is 9.82. The number of nitrogen functional groups attached to an aromatic ring is 1. The minimum absolute atomic E-state index is 0.538. The quantitative estimate of drug-likeness (QED) is 0.871. The molecule has 17 heavy (non-hydrogen) atoms. The highest BCUT2D eigenvalue weighted by molar-refractivity contribution is 5.34. The minimum Gasteiger partial charge on any atom is -0.397 e. The molecule has 0 aliphatic carbocycles. The normalized spacial score (nSPS) is 20.4. The van der Waals surface area contributed by atoms with Crippen LogP contribution in [0.3, 0.4) is 0 Å². The lowest BCUT2D eigenvalue weighted by molar-refractivity contribution is 0.134. The Kier molecular flexibility index (Phi) is 3.67. The number of anilines is 1. The van der Waals surface area contributed by atoms with Crippen molar-refractivity contribution in [2.75, 3.05) is 25.4 Å². The molecule has 0 saturated carbocycles. The molecule has 1 aromatic rings. The Hall–Kier alpha value is -1.09. The van der Waals surface area contributed by atoms with Crippen LogP contribution >= 0.6 is 0 Å². The summed E-state index contributed by atoms with van der Waals surface area (Å²) in [6.45, 7) is 8.30. The fourth-order valence-electron chi connectivity index (χ4n) is 2.24. The van der Waals surface area contributed by atoms with Gasteiger partial charge >= 0.3 is 0 Å². The van der Waals surface area contributed by atoms with Crippen LogP contribution in [0.1, 0.15) is 32.4 Å². The topological polar surface area (TPSA) is 42.1 Å². The lowest BCUT2D eigenvalue weighted by Crippen LogP contribution is -2.38. The number of nitrogens with two attached hydrogens (primary N) is 1. The van der Waals surface area contributed by atoms with E-state index in [2.05, 4.69) is 23.7 Å². The number of aromatic nitrogens is 1. The largest absolute Gasteiger partial charge is 0.397 e. The predicted octanol–water partition coefficient (Wildman–Crippen LogP) is 2.33. The van der Waals surface area contributed by atoms with Crippen LogP contribution in [0.2, 0.25) is 0 Å². The third-order valence-corrected chi connectivity index (χ3v) is 3.74. The first-order chi connectivity index (χ1) is 8.05. The summed E-state index contributed by atoms with van der Waals surface area (Å²) in [6, 6.07) is 3.96. The molecule has 0 unspecified atom stereocenters. The molecule has 0 atom stereocenters. The van der Waals surface area contributed by atoms with E-state index >= 15 is 0 Å². The Balaban J connectivity index is 1.78. The van der Waals surface area contributed by atoms with Gasteiger partial charge in [-0.1, -0.05) is 13.8 Å². The molecule has 2 heterocycles. The maximum Gasteiger partial charge on any atom is 0.0501 e. The zero-order valence-corrected chi connectivity index (χ0v) is 10.9. The molecule has 0 radical (unpaired) electrons. The highest BCUT2D eigenvalue weighted by Crippen LogP contribution is 2.29. The summed E-state index contributed by atoms with van der Waals surface area (Å²) in [4.78, 5) is 6.88. The van der Waals surface area contributed by atoms with Crippen molar-refractivity contribution in [2.45, 2.75) is 33.1 Å². The molecular weight excluding hydrogens is 210 g/mol. The second kappa shape index (κ2) is 5.05. The zero-order valence-electron chi connectivity index (χ0n) is 10.9. The molecule has 0 spiro atoms. The van der Waals surface area contributed by atoms with Crippen molar-refractivity contribution >= 4 is 5.69 Å². The maximum absolute atomic E-state index is 5.62. The van der Waals surface area contributed by atoms with Gasteiger partial charge in [0.15, 0.2) is 0 Å². The summed E-state index contributed by atoms with van der Waals surface area (Å²) in [7, 11) is 0. The fourth-order valence-corrected chi connectivity index (χ4v) is 2.24. The van der Waals surface area contributed by atoms with Gasteiger partial charge in [0, 0.05) is 18.7 Å². The first-order valence-electron chi connectivity index (χ1n) is 6.48. The number of hydrogen-bond donors (Lipinski definition) is 1. The van der Waals surface area contributed by atoms with Crippen LogP contribution in [-0.4, -0.2) is 29.5 Å². The molecule has 3 nitrogen and oxygen atoms in total. The van der Waals surface area contributed by atoms with Crippen LogP contribution in [0.5, 0.6) is 0 Å². The van der Waals surface area contributed by atoms with Crippen LogP contribution in [0.15, 0.2) is 18.3 Å². The number of hydrogen-bond acceptors (Lipinski definition) is 3. The van der Waals surface area contributed by atoms with Crippen molar-refractivity contribution < 1.29 is 0 Å². The van der Waals surface area contributed by atoms with E-state index in [-0.39, 0.29) is 0 Å². The molecule has 3 heteroatoms. The van der Waals surface area contributed by atoms with E-state index in [4.69, 9.17) is 5.73 Å². The molecule has 94 valence electrons. The zero-order chi connectivity index (χ0) is 12.3. The van der Waals surface area contributed by atoms with Crippen molar-refractivity contribution in [3.63, 3.8) is 0 Å². The molecule has 0 bridgehead atoms. The Bertz CT molecular complexity index is 346. The minimum atomic E-state index is 0.538. The van der Waals surface area contributed by atoms with Crippen LogP contribution in [0, 0.1) is 5.41 Å². The monoisotopic (exact) mass is 233 g/mol. The summed E-state index contributed by atoms with van der Waals surface area (Å²) in [5, 5.41) is 0. The molecule has 2 N–H and O–H groups in total. The summed E-state index contributed by atoms with van der Waals surface area (Å²) >= 11 is 0. The van der Waals surface area contributed by atoms with Gasteiger partial charge in [-0.05, 0) is 43.5 Å². The molecule has 1 saturated heterocycles. The van der Waals surface area contributed by atoms with Gasteiger partial charge in [0.2, 0.25) is 0 Å². The molecule has 1 aliphatic heterocycles. The van der Waals surface area contributed by atoms with Crippen LogP contribution in [0.4, 0.5) is 5.69 Å². The van der Waals surface area contributed by atoms with Gasteiger partial charge in [-0.15, -0.1) is 0 Å². The van der Waals surface area contributed by atoms with Gasteiger partial charge in [0.25, 0.3) is 0 Å². The summed E-state index contributed by atoms with van der Waals surface area (Å²) in [6.07, 6.45) is 5.39. The predicted molar refractivity (Wildman–Crippen MR) is 71.8 cm³/mol. The van der Waals surface area contributed by atoms with Gasteiger partial charge in [-0.3, -0.25) is 4.98 Å². The third-order valence-electron chi connectivity index (χ3n) is 3.74. The van der Waals surface area contributed by atoms with E-state index in [1.807, 2.05) is 12.1 Å². The average Bonchev–Trinajstić information content (AvgIpc) is 2.30. The molecule has 2 rings (SSSR count). The Morgan fingerprint density at radius 2 is 2.00 bits per heavy atom. The van der Waals surface area contributed by atoms with Crippen molar-refractivity contribution in [3.8, 4) is 0 Å². The van der Waals surface area contributed by atoms with Gasteiger partial charge < -0.3 is 10.6 Å². The highest BCUT2D eigenvalue weighted by Gasteiger charge is 2.24. The Morgan fingerprint density at radius 3 is 2.59 bits per heavy atom. The summed E-state index contributed by atoms with van der Waals surface area (Å²) < 4.78 is 0. The molecular formula is C14H23N3.